The van der Waals surface area contributed by atoms with E-state index in [0.29, 0.717) is 39.4 Å². The van der Waals surface area contributed by atoms with E-state index >= 15 is 4.57 Å². The molecule has 0 aliphatic carbocycles. The van der Waals surface area contributed by atoms with Crippen LogP contribution in [0.15, 0.2) is 182 Å². The van der Waals surface area contributed by atoms with E-state index in [4.69, 9.17) is 9.26 Å². The maximum Gasteiger partial charge on any atom is 0.289 e. The first-order valence-corrected chi connectivity index (χ1v) is 19.1. The van der Waals surface area contributed by atoms with Crippen LogP contribution in [0.2, 0.25) is 0 Å². The van der Waals surface area contributed by atoms with Crippen molar-refractivity contribution in [1.82, 2.24) is 9.80 Å². The number of hydrogen-bond acceptors (Lipinski definition) is 7. The fraction of sp³-hybridized carbons (Fsp3) is 0.156. The summed E-state index contributed by atoms with van der Waals surface area (Å²) in [5.74, 6) is -1.09. The largest absolute Gasteiger partial charge is 0.458 e. The lowest BCUT2D eigenvalue weighted by Crippen LogP contribution is -2.32. The second kappa shape index (κ2) is 19.7. The van der Waals surface area contributed by atoms with Crippen LogP contribution < -0.4 is 9.83 Å². The summed E-state index contributed by atoms with van der Waals surface area (Å²) in [4.78, 5) is 51.4. The molecule has 0 bridgehead atoms. The van der Waals surface area contributed by atoms with Gasteiger partial charge in [0.05, 0.1) is 5.30 Å². The number of imide groups is 2. The third kappa shape index (κ3) is 10.0. The van der Waals surface area contributed by atoms with Crippen molar-refractivity contribution in [2.24, 2.45) is 0 Å². The fourth-order valence-electron chi connectivity index (χ4n) is 5.88. The van der Waals surface area contributed by atoms with Crippen molar-refractivity contribution in [2.75, 3.05) is 0 Å². The zero-order valence-corrected chi connectivity index (χ0v) is 33.0. The molecule has 1 heterocycles. The SMILES string of the molecule is C=CC(=O)N(C(C)=O)/C(C)=C/C=C(\C=C)C(C(/C=C\C(=C/C)OC(=C)/C=C\C(=C/C)N(C(C)=O)C(=O)C=C)=C/C)P1(=O)Oc2ccccc2-c2ccccc21. The lowest BCUT2D eigenvalue weighted by Gasteiger charge is -2.35. The molecule has 0 saturated carbocycles. The summed E-state index contributed by atoms with van der Waals surface area (Å²) < 4.78 is 28.3. The van der Waals surface area contributed by atoms with E-state index in [2.05, 4.69) is 26.3 Å². The molecule has 0 fully saturated rings. The number of ether oxygens (including phenoxy) is 1. The van der Waals surface area contributed by atoms with Gasteiger partial charge in [-0.3, -0.25) is 28.6 Å². The highest BCUT2D eigenvalue weighted by Crippen LogP contribution is 2.61. The molecule has 0 aromatic heterocycles. The lowest BCUT2D eigenvalue weighted by atomic mass is 10.0. The fourth-order valence-corrected chi connectivity index (χ4v) is 8.85. The van der Waals surface area contributed by atoms with Gasteiger partial charge in [-0.15, -0.1) is 0 Å². The number of allylic oxidation sites excluding steroid dienone is 13. The number of carbonyl (C=O) groups excluding carboxylic acids is 4. The van der Waals surface area contributed by atoms with Crippen LogP contribution in [0.5, 0.6) is 5.75 Å². The molecular weight excluding hydrogens is 711 g/mol. The van der Waals surface area contributed by atoms with E-state index in [1.165, 1.54) is 26.0 Å². The van der Waals surface area contributed by atoms with Crippen LogP contribution in [0.1, 0.15) is 41.5 Å². The second-order valence-electron chi connectivity index (χ2n) is 12.0. The summed E-state index contributed by atoms with van der Waals surface area (Å²) in [6.07, 6.45) is 18.6. The predicted molar refractivity (Wildman–Crippen MR) is 221 cm³/mol. The van der Waals surface area contributed by atoms with Gasteiger partial charge in [-0.1, -0.05) is 93.1 Å². The number of benzene rings is 2. The summed E-state index contributed by atoms with van der Waals surface area (Å²) in [5, 5.41) is 0.516. The summed E-state index contributed by atoms with van der Waals surface area (Å²) in [5.41, 5.74) is 2.35. The maximum absolute atomic E-state index is 15.7. The number of carbonyl (C=O) groups is 4. The maximum atomic E-state index is 15.7. The van der Waals surface area contributed by atoms with Crippen molar-refractivity contribution in [3.8, 4) is 16.9 Å². The van der Waals surface area contributed by atoms with Crippen LogP contribution >= 0.6 is 7.37 Å². The Hall–Kier alpha value is -6.31. The lowest BCUT2D eigenvalue weighted by molar-refractivity contribution is -0.139. The van der Waals surface area contributed by atoms with Crippen molar-refractivity contribution in [3.63, 3.8) is 0 Å². The van der Waals surface area contributed by atoms with Gasteiger partial charge in [0.2, 0.25) is 11.8 Å². The Morgan fingerprint density at radius 2 is 1.31 bits per heavy atom. The van der Waals surface area contributed by atoms with E-state index in [1.54, 1.807) is 75.4 Å². The summed E-state index contributed by atoms with van der Waals surface area (Å²) >= 11 is 0. The smallest absolute Gasteiger partial charge is 0.289 e. The Morgan fingerprint density at radius 3 is 1.87 bits per heavy atom. The molecule has 2 atom stereocenters. The third-order valence-corrected chi connectivity index (χ3v) is 11.3. The van der Waals surface area contributed by atoms with Gasteiger partial charge in [-0.2, -0.15) is 0 Å². The minimum absolute atomic E-state index is 0.204. The summed E-state index contributed by atoms with van der Waals surface area (Å²) in [6.45, 7) is 24.5. The van der Waals surface area contributed by atoms with Crippen LogP contribution in [-0.4, -0.2) is 39.1 Å². The summed E-state index contributed by atoms with van der Waals surface area (Å²) in [6, 6.07) is 14.8. The highest BCUT2D eigenvalue weighted by molar-refractivity contribution is 7.69. The number of nitrogens with zero attached hydrogens (tertiary/aromatic N) is 2. The molecule has 2 aromatic rings. The molecule has 55 heavy (non-hydrogen) atoms. The Kier molecular flexibility index (Phi) is 15.4. The summed E-state index contributed by atoms with van der Waals surface area (Å²) in [7, 11) is -3.88. The molecule has 284 valence electrons. The monoisotopic (exact) mass is 758 g/mol. The number of amides is 4. The molecular formula is C45H47N2O7P. The van der Waals surface area contributed by atoms with Crippen molar-refractivity contribution >= 4 is 36.3 Å². The molecule has 1 aliphatic heterocycles. The second-order valence-corrected chi connectivity index (χ2v) is 14.4. The predicted octanol–water partition coefficient (Wildman–Crippen LogP) is 9.55. The number of fused-ring (bicyclic) bond motifs is 3. The Balaban J connectivity index is 2.15. The minimum atomic E-state index is -3.88. The molecule has 0 spiro atoms. The van der Waals surface area contributed by atoms with Crippen LogP contribution in [0.25, 0.3) is 11.1 Å². The minimum Gasteiger partial charge on any atom is -0.458 e. The Morgan fingerprint density at radius 1 is 0.709 bits per heavy atom. The molecule has 2 unspecified atom stereocenters. The van der Waals surface area contributed by atoms with Crippen molar-refractivity contribution in [2.45, 2.75) is 47.2 Å². The topological polar surface area (TPSA) is 110 Å². The molecule has 1 aliphatic rings. The van der Waals surface area contributed by atoms with Gasteiger partial charge in [-0.25, -0.2) is 4.90 Å². The highest BCUT2D eigenvalue weighted by atomic mass is 31.2. The van der Waals surface area contributed by atoms with Gasteiger partial charge in [-0.05, 0) is 99.1 Å². The average molecular weight is 759 g/mol. The molecule has 9 nitrogen and oxygen atoms in total. The first kappa shape index (κ1) is 43.1. The molecule has 2 aromatic carbocycles. The highest BCUT2D eigenvalue weighted by Gasteiger charge is 2.45. The standard InChI is InChI=1S/C45H47N2O7P/c1-11-35(27-25-31(7)46(33(9)48)43(50)15-5)45(55(52)42-24-20-18-22-40(42)39-21-17-19-23-41(39)54-55)36(12-2)28-30-38(14-4)53-32(8)26-29-37(13-3)47(34(10)49)44(51)16-6/h11-30,45H,1,5-6,8H2,2-4,7,9-10H3/b29-26-,30-28-,31-25+,35-27+,36-12+,37-13+,38-14+. The van der Waals surface area contributed by atoms with Gasteiger partial charge in [0.1, 0.15) is 22.9 Å². The quantitative estimate of drug-likeness (QED) is 0.0770. The van der Waals surface area contributed by atoms with E-state index < -0.39 is 36.7 Å². The van der Waals surface area contributed by atoms with Gasteiger partial charge in [0.25, 0.3) is 19.2 Å². The Bertz CT molecular complexity index is 2180. The molecule has 0 radical (unpaired) electrons. The van der Waals surface area contributed by atoms with Gasteiger partial charge in [0, 0.05) is 30.8 Å². The van der Waals surface area contributed by atoms with Crippen LogP contribution in [0.4, 0.5) is 0 Å². The van der Waals surface area contributed by atoms with Crippen LogP contribution in [-0.2, 0) is 28.5 Å². The number of rotatable bonds is 15. The van der Waals surface area contributed by atoms with Crippen molar-refractivity contribution < 1.29 is 33.0 Å². The molecule has 4 amide bonds. The van der Waals surface area contributed by atoms with E-state index in [-0.39, 0.29) is 5.76 Å². The molecule has 10 heteroatoms. The molecule has 0 N–H and O–H groups in total. The van der Waals surface area contributed by atoms with E-state index in [9.17, 15) is 19.2 Å². The van der Waals surface area contributed by atoms with E-state index in [0.717, 1.165) is 33.1 Å². The van der Waals surface area contributed by atoms with Crippen LogP contribution in [0.3, 0.4) is 0 Å². The zero-order valence-electron chi connectivity index (χ0n) is 32.2. The number of para-hydroxylation sites is 1. The molecule has 3 rings (SSSR count). The normalized spacial score (nSPS) is 16.7. The van der Waals surface area contributed by atoms with Crippen molar-refractivity contribution in [1.29, 1.82) is 0 Å². The van der Waals surface area contributed by atoms with E-state index in [1.807, 2.05) is 49.4 Å². The van der Waals surface area contributed by atoms with Crippen LogP contribution in [0, 0.1) is 0 Å². The number of hydrogen-bond donors (Lipinski definition) is 0. The van der Waals surface area contributed by atoms with Gasteiger partial charge < -0.3 is 9.26 Å². The van der Waals surface area contributed by atoms with Gasteiger partial charge in [0.15, 0.2) is 0 Å². The van der Waals surface area contributed by atoms with Crippen molar-refractivity contribution in [3.05, 3.63) is 182 Å². The molecule has 0 saturated heterocycles. The average Bonchev–Trinajstić information content (AvgIpc) is 3.17. The first-order valence-electron chi connectivity index (χ1n) is 17.4. The third-order valence-electron chi connectivity index (χ3n) is 8.45. The first-order chi connectivity index (χ1) is 26.2. The Labute approximate surface area is 324 Å². The van der Waals surface area contributed by atoms with Gasteiger partial charge >= 0.3 is 0 Å². The zero-order chi connectivity index (χ0) is 40.9.